The Hall–Kier alpha value is -1.38. The van der Waals surface area contributed by atoms with Crippen LogP contribution in [0.5, 0.6) is 0 Å². The van der Waals surface area contributed by atoms with Gasteiger partial charge in [0.2, 0.25) is 0 Å². The highest BCUT2D eigenvalue weighted by Crippen LogP contribution is 2.39. The Labute approximate surface area is 102 Å². The van der Waals surface area contributed by atoms with Gasteiger partial charge < -0.3 is 4.74 Å². The highest BCUT2D eigenvalue weighted by molar-refractivity contribution is 5.96. The van der Waals surface area contributed by atoms with Gasteiger partial charge in [-0.3, -0.25) is 9.59 Å². The van der Waals surface area contributed by atoms with Gasteiger partial charge in [-0.25, -0.2) is 0 Å². The molecule has 1 aliphatic heterocycles. The molecule has 0 radical (unpaired) electrons. The Kier molecular flexibility index (Phi) is 3.46. The van der Waals surface area contributed by atoms with E-state index in [1.54, 1.807) is 0 Å². The number of ether oxygens (including phenoxy) is 1. The molecule has 17 heavy (non-hydrogen) atoms. The Morgan fingerprint density at radius 2 is 2.00 bits per heavy atom. The third kappa shape index (κ3) is 2.65. The molecule has 2 atom stereocenters. The van der Waals surface area contributed by atoms with Crippen LogP contribution in [-0.2, 0) is 14.3 Å². The van der Waals surface area contributed by atoms with Gasteiger partial charge in [0.1, 0.15) is 0 Å². The fourth-order valence-electron chi connectivity index (χ4n) is 2.50. The number of fused-ring (bicyclic) bond motifs is 1. The van der Waals surface area contributed by atoms with Crippen molar-refractivity contribution in [2.45, 2.75) is 39.5 Å². The molecule has 0 aromatic carbocycles. The maximum atomic E-state index is 11.5. The van der Waals surface area contributed by atoms with Gasteiger partial charge >= 0.3 is 11.9 Å². The van der Waals surface area contributed by atoms with Crippen molar-refractivity contribution in [1.29, 1.82) is 0 Å². The molecule has 2 fully saturated rings. The van der Waals surface area contributed by atoms with Crippen molar-refractivity contribution in [3.8, 4) is 0 Å². The molecular formula is C14H18O3. The van der Waals surface area contributed by atoms with E-state index in [4.69, 9.17) is 0 Å². The van der Waals surface area contributed by atoms with Crippen molar-refractivity contribution < 1.29 is 14.3 Å². The fraction of sp³-hybridized carbons (Fsp3) is 0.571. The molecule has 3 heteroatoms. The Bertz CT molecular complexity index is 400. The normalized spacial score (nSPS) is 30.1. The molecule has 1 aliphatic carbocycles. The van der Waals surface area contributed by atoms with Crippen molar-refractivity contribution in [2.24, 2.45) is 11.8 Å². The number of cyclic esters (lactones) is 2. The highest BCUT2D eigenvalue weighted by atomic mass is 16.6. The van der Waals surface area contributed by atoms with Crippen molar-refractivity contribution in [3.63, 3.8) is 0 Å². The second-order valence-corrected chi connectivity index (χ2v) is 5.08. The van der Waals surface area contributed by atoms with E-state index in [2.05, 4.69) is 30.7 Å². The maximum Gasteiger partial charge on any atom is 0.317 e. The van der Waals surface area contributed by atoms with Crippen LogP contribution in [0.25, 0.3) is 0 Å². The van der Waals surface area contributed by atoms with Gasteiger partial charge in [0.25, 0.3) is 0 Å². The first kappa shape index (κ1) is 12.1. The van der Waals surface area contributed by atoms with Crippen LogP contribution in [-0.4, -0.2) is 11.9 Å². The van der Waals surface area contributed by atoms with E-state index in [0.717, 1.165) is 19.3 Å². The first-order valence-corrected chi connectivity index (χ1v) is 6.14. The van der Waals surface area contributed by atoms with Crippen LogP contribution in [0.1, 0.15) is 39.5 Å². The van der Waals surface area contributed by atoms with Gasteiger partial charge in [-0.05, 0) is 39.5 Å². The average Bonchev–Trinajstić information content (AvgIpc) is 2.54. The summed E-state index contributed by atoms with van der Waals surface area (Å²) in [6.07, 6.45) is 7.64. The maximum absolute atomic E-state index is 11.5. The molecule has 0 aromatic rings. The topological polar surface area (TPSA) is 43.4 Å². The SMILES string of the molecule is CC(C)=CCC=C1CCC2C(=O)OC(=O)C2C1. The number of allylic oxidation sites excluding steroid dienone is 4. The summed E-state index contributed by atoms with van der Waals surface area (Å²) >= 11 is 0. The van der Waals surface area contributed by atoms with E-state index in [-0.39, 0.29) is 23.8 Å². The number of esters is 2. The lowest BCUT2D eigenvalue weighted by Gasteiger charge is -2.22. The molecule has 0 amide bonds. The smallest absolute Gasteiger partial charge is 0.317 e. The van der Waals surface area contributed by atoms with Crippen molar-refractivity contribution in [2.75, 3.05) is 0 Å². The summed E-state index contributed by atoms with van der Waals surface area (Å²) in [5.41, 5.74) is 2.58. The summed E-state index contributed by atoms with van der Waals surface area (Å²) < 4.78 is 4.68. The van der Waals surface area contributed by atoms with E-state index in [1.165, 1.54) is 11.1 Å². The zero-order chi connectivity index (χ0) is 12.4. The molecule has 0 spiro atoms. The lowest BCUT2D eigenvalue weighted by Crippen LogP contribution is -2.23. The summed E-state index contributed by atoms with van der Waals surface area (Å²) in [5, 5.41) is 0. The molecule has 2 unspecified atom stereocenters. The second kappa shape index (κ2) is 4.86. The van der Waals surface area contributed by atoms with Crippen LogP contribution in [0.4, 0.5) is 0 Å². The molecule has 0 N–H and O–H groups in total. The number of hydrogen-bond donors (Lipinski definition) is 0. The minimum atomic E-state index is -0.326. The second-order valence-electron chi connectivity index (χ2n) is 5.08. The number of carbonyl (C=O) groups excluding carboxylic acids is 2. The Morgan fingerprint density at radius 1 is 1.29 bits per heavy atom. The van der Waals surface area contributed by atoms with Crippen LogP contribution in [0, 0.1) is 11.8 Å². The fourth-order valence-corrected chi connectivity index (χ4v) is 2.50. The number of hydrogen-bond acceptors (Lipinski definition) is 3. The van der Waals surface area contributed by atoms with Gasteiger partial charge in [0.05, 0.1) is 11.8 Å². The summed E-state index contributed by atoms with van der Waals surface area (Å²) in [6.45, 7) is 4.14. The van der Waals surface area contributed by atoms with E-state index in [9.17, 15) is 9.59 Å². The van der Waals surface area contributed by atoms with Crippen molar-refractivity contribution in [1.82, 2.24) is 0 Å². The number of rotatable bonds is 2. The van der Waals surface area contributed by atoms with Crippen LogP contribution >= 0.6 is 0 Å². The van der Waals surface area contributed by atoms with Crippen LogP contribution < -0.4 is 0 Å². The standard InChI is InChI=1S/C14H18O3/c1-9(2)4-3-5-10-6-7-11-12(8-10)14(16)17-13(11)15/h4-5,11-12H,3,6-8H2,1-2H3. The summed E-state index contributed by atoms with van der Waals surface area (Å²) in [7, 11) is 0. The van der Waals surface area contributed by atoms with Crippen LogP contribution in [0.15, 0.2) is 23.3 Å². The van der Waals surface area contributed by atoms with Gasteiger partial charge in [-0.15, -0.1) is 0 Å². The highest BCUT2D eigenvalue weighted by Gasteiger charge is 2.46. The molecule has 2 aliphatic rings. The summed E-state index contributed by atoms with van der Waals surface area (Å²) in [5.74, 6) is -1.03. The van der Waals surface area contributed by atoms with Gasteiger partial charge in [-0.2, -0.15) is 0 Å². The van der Waals surface area contributed by atoms with E-state index in [1.807, 2.05) is 0 Å². The molecule has 2 rings (SSSR count). The molecule has 0 bridgehead atoms. The predicted molar refractivity (Wildman–Crippen MR) is 64.1 cm³/mol. The van der Waals surface area contributed by atoms with Crippen LogP contribution in [0.2, 0.25) is 0 Å². The molecule has 1 saturated heterocycles. The first-order valence-electron chi connectivity index (χ1n) is 6.14. The van der Waals surface area contributed by atoms with Crippen molar-refractivity contribution >= 4 is 11.9 Å². The predicted octanol–water partition coefficient (Wildman–Crippen LogP) is 2.77. The Morgan fingerprint density at radius 3 is 2.71 bits per heavy atom. The minimum Gasteiger partial charge on any atom is -0.393 e. The van der Waals surface area contributed by atoms with Crippen LogP contribution in [0.3, 0.4) is 0 Å². The van der Waals surface area contributed by atoms with E-state index < -0.39 is 0 Å². The van der Waals surface area contributed by atoms with Gasteiger partial charge in [-0.1, -0.05) is 23.3 Å². The minimum absolute atomic E-state index is 0.178. The quantitative estimate of drug-likeness (QED) is 0.419. The molecule has 92 valence electrons. The molecule has 1 saturated carbocycles. The third-order valence-corrected chi connectivity index (χ3v) is 3.48. The third-order valence-electron chi connectivity index (χ3n) is 3.48. The van der Waals surface area contributed by atoms with E-state index in [0.29, 0.717) is 6.42 Å². The number of carbonyl (C=O) groups is 2. The zero-order valence-corrected chi connectivity index (χ0v) is 10.4. The first-order chi connectivity index (χ1) is 8.08. The summed E-state index contributed by atoms with van der Waals surface area (Å²) in [6, 6.07) is 0. The molecule has 1 heterocycles. The lowest BCUT2D eigenvalue weighted by atomic mass is 9.78. The largest absolute Gasteiger partial charge is 0.393 e. The summed E-state index contributed by atoms with van der Waals surface area (Å²) in [4.78, 5) is 22.8. The van der Waals surface area contributed by atoms with Gasteiger partial charge in [0.15, 0.2) is 0 Å². The Balaban J connectivity index is 2.00. The molecule has 3 nitrogen and oxygen atoms in total. The molecule has 0 aromatic heterocycles. The molecular weight excluding hydrogens is 216 g/mol. The zero-order valence-electron chi connectivity index (χ0n) is 10.4. The lowest BCUT2D eigenvalue weighted by molar-refractivity contribution is -0.153. The van der Waals surface area contributed by atoms with E-state index >= 15 is 0 Å². The monoisotopic (exact) mass is 234 g/mol. The van der Waals surface area contributed by atoms with Crippen molar-refractivity contribution in [3.05, 3.63) is 23.3 Å². The van der Waals surface area contributed by atoms with Gasteiger partial charge in [0, 0.05) is 0 Å². The average molecular weight is 234 g/mol.